The van der Waals surface area contributed by atoms with Gasteiger partial charge >= 0.3 is 5.97 Å². The van der Waals surface area contributed by atoms with Crippen LogP contribution in [0.5, 0.6) is 0 Å². The smallest absolute Gasteiger partial charge is 0.337 e. The number of nitrogens with zero attached hydrogens (tertiary/aromatic N) is 2. The van der Waals surface area contributed by atoms with Crippen molar-refractivity contribution >= 4 is 23.5 Å². The minimum atomic E-state index is -0.463. The molecule has 1 aromatic heterocycles. The first-order chi connectivity index (χ1) is 13.6. The Morgan fingerprint density at radius 2 is 1.89 bits per heavy atom. The van der Waals surface area contributed by atoms with Gasteiger partial charge < -0.3 is 9.64 Å². The summed E-state index contributed by atoms with van der Waals surface area (Å²) in [6.45, 7) is 1.03. The minimum absolute atomic E-state index is 0.125. The number of aromatic nitrogens is 2. The first-order valence-electron chi connectivity index (χ1n) is 8.86. The van der Waals surface area contributed by atoms with Gasteiger partial charge in [0.25, 0.3) is 5.91 Å². The lowest BCUT2D eigenvalue weighted by Crippen LogP contribution is -2.36. The summed E-state index contributed by atoms with van der Waals surface area (Å²) in [5, 5.41) is 8.20. The zero-order chi connectivity index (χ0) is 19.7. The molecule has 1 amide bonds. The Balaban J connectivity index is 1.60. The zero-order valence-electron chi connectivity index (χ0n) is 15.2. The predicted octanol–water partition coefficient (Wildman–Crippen LogP) is 3.72. The molecule has 4 rings (SSSR count). The molecule has 1 aliphatic rings. The van der Waals surface area contributed by atoms with Crippen LogP contribution < -0.4 is 0 Å². The molecule has 6 nitrogen and oxygen atoms in total. The summed E-state index contributed by atoms with van der Waals surface area (Å²) in [5.74, 6) is -0.588. The van der Waals surface area contributed by atoms with Gasteiger partial charge in [0.1, 0.15) is 0 Å². The molecular formula is C21H18ClN3O3. The van der Waals surface area contributed by atoms with Crippen molar-refractivity contribution in [2.45, 2.75) is 13.0 Å². The summed E-state index contributed by atoms with van der Waals surface area (Å²) in [4.78, 5) is 26.5. The highest BCUT2D eigenvalue weighted by Crippen LogP contribution is 2.29. The summed E-state index contributed by atoms with van der Waals surface area (Å²) in [5.41, 5.74) is 4.64. The van der Waals surface area contributed by atoms with E-state index in [2.05, 4.69) is 10.2 Å². The van der Waals surface area contributed by atoms with Crippen molar-refractivity contribution in [3.63, 3.8) is 0 Å². The van der Waals surface area contributed by atoms with Crippen molar-refractivity contribution in [3.8, 4) is 11.3 Å². The molecule has 28 heavy (non-hydrogen) atoms. The van der Waals surface area contributed by atoms with Gasteiger partial charge in [-0.3, -0.25) is 9.89 Å². The number of carbonyl (C=O) groups is 2. The van der Waals surface area contributed by atoms with Gasteiger partial charge in [0.05, 0.1) is 18.4 Å². The third kappa shape index (κ3) is 3.39. The molecule has 0 radical (unpaired) electrons. The monoisotopic (exact) mass is 395 g/mol. The molecule has 0 saturated carbocycles. The Labute approximate surface area is 167 Å². The van der Waals surface area contributed by atoms with Gasteiger partial charge in [0.15, 0.2) is 0 Å². The minimum Gasteiger partial charge on any atom is -0.465 e. The lowest BCUT2D eigenvalue weighted by atomic mass is 10.00. The quantitative estimate of drug-likeness (QED) is 0.686. The van der Waals surface area contributed by atoms with Crippen LogP contribution in [0.25, 0.3) is 11.3 Å². The van der Waals surface area contributed by atoms with Crippen molar-refractivity contribution in [1.29, 1.82) is 0 Å². The molecule has 0 spiro atoms. The molecule has 7 heteroatoms. The normalized spacial score (nSPS) is 13.1. The number of hydrogen-bond donors (Lipinski definition) is 1. The Kier molecular flexibility index (Phi) is 4.88. The van der Waals surface area contributed by atoms with E-state index in [1.807, 2.05) is 24.3 Å². The molecule has 0 aliphatic carbocycles. The number of esters is 1. The molecule has 2 heterocycles. The maximum absolute atomic E-state index is 13.0. The van der Waals surface area contributed by atoms with Crippen molar-refractivity contribution < 1.29 is 14.3 Å². The van der Waals surface area contributed by atoms with Crippen molar-refractivity contribution in [2.24, 2.45) is 0 Å². The molecule has 2 aromatic carbocycles. The number of ether oxygens (including phenoxy) is 1. The molecule has 0 bridgehead atoms. The number of rotatable bonds is 3. The standard InChI is InChI=1S/C21H18ClN3O3/c1-28-21(27)15-4-2-3-14(11-15)20(26)25-10-9-18-17(12-25)19(24-23-18)13-5-7-16(22)8-6-13/h2-8,11H,9-10,12H2,1H3,(H,23,24). The maximum Gasteiger partial charge on any atom is 0.337 e. The zero-order valence-corrected chi connectivity index (χ0v) is 16.0. The van der Waals surface area contributed by atoms with E-state index in [0.717, 1.165) is 22.5 Å². The van der Waals surface area contributed by atoms with Gasteiger partial charge in [0, 0.05) is 46.9 Å². The maximum atomic E-state index is 13.0. The molecule has 0 atom stereocenters. The fourth-order valence-electron chi connectivity index (χ4n) is 3.39. The number of benzene rings is 2. The first kappa shape index (κ1) is 18.3. The largest absolute Gasteiger partial charge is 0.465 e. The van der Waals surface area contributed by atoms with Gasteiger partial charge in [-0.1, -0.05) is 29.8 Å². The molecule has 0 fully saturated rings. The third-order valence-electron chi connectivity index (χ3n) is 4.87. The van der Waals surface area contributed by atoms with E-state index in [1.54, 1.807) is 29.2 Å². The number of carbonyl (C=O) groups excluding carboxylic acids is 2. The number of halogens is 1. The number of H-pyrrole nitrogens is 1. The molecule has 142 valence electrons. The fourth-order valence-corrected chi connectivity index (χ4v) is 3.52. The van der Waals surface area contributed by atoms with Gasteiger partial charge in [-0.25, -0.2) is 4.79 Å². The topological polar surface area (TPSA) is 75.3 Å². The van der Waals surface area contributed by atoms with Crippen LogP contribution in [0.15, 0.2) is 48.5 Å². The summed E-state index contributed by atoms with van der Waals surface area (Å²) >= 11 is 5.98. The number of nitrogens with one attached hydrogen (secondary N) is 1. The van der Waals surface area contributed by atoms with Crippen LogP contribution >= 0.6 is 11.6 Å². The highest BCUT2D eigenvalue weighted by atomic mass is 35.5. The number of hydrogen-bond acceptors (Lipinski definition) is 4. The van der Waals surface area contributed by atoms with E-state index in [-0.39, 0.29) is 5.91 Å². The van der Waals surface area contributed by atoms with Crippen molar-refractivity contribution in [3.05, 3.63) is 75.9 Å². The van der Waals surface area contributed by atoms with Crippen molar-refractivity contribution in [1.82, 2.24) is 15.1 Å². The number of amides is 1. The highest BCUT2D eigenvalue weighted by molar-refractivity contribution is 6.30. The summed E-state index contributed by atoms with van der Waals surface area (Å²) in [6.07, 6.45) is 0.693. The number of aromatic amines is 1. The van der Waals surface area contributed by atoms with Crippen LogP contribution in [0.3, 0.4) is 0 Å². The van der Waals surface area contributed by atoms with Crippen LogP contribution in [0, 0.1) is 0 Å². The lowest BCUT2D eigenvalue weighted by molar-refractivity contribution is 0.0600. The second-order valence-corrected chi connectivity index (χ2v) is 7.02. The first-order valence-corrected chi connectivity index (χ1v) is 9.24. The summed E-state index contributed by atoms with van der Waals surface area (Å²) in [6, 6.07) is 14.1. The Morgan fingerprint density at radius 1 is 1.14 bits per heavy atom. The Hall–Kier alpha value is -3.12. The second-order valence-electron chi connectivity index (χ2n) is 6.59. The highest BCUT2D eigenvalue weighted by Gasteiger charge is 2.26. The average Bonchev–Trinajstić information content (AvgIpc) is 3.16. The molecule has 1 N–H and O–H groups in total. The van der Waals surface area contributed by atoms with E-state index in [4.69, 9.17) is 16.3 Å². The van der Waals surface area contributed by atoms with Crippen LogP contribution in [0.1, 0.15) is 32.0 Å². The average molecular weight is 396 g/mol. The SMILES string of the molecule is COC(=O)c1cccc(C(=O)N2CCc3[nH]nc(-c4ccc(Cl)cc4)c3C2)c1. The molecule has 0 unspecified atom stereocenters. The summed E-state index contributed by atoms with van der Waals surface area (Å²) < 4.78 is 4.74. The van der Waals surface area contributed by atoms with E-state index in [9.17, 15) is 9.59 Å². The molecule has 3 aromatic rings. The van der Waals surface area contributed by atoms with Gasteiger partial charge in [-0.05, 0) is 30.3 Å². The Bertz CT molecular complexity index is 1040. The van der Waals surface area contributed by atoms with Gasteiger partial charge in [0.2, 0.25) is 0 Å². The van der Waals surface area contributed by atoms with E-state index in [1.165, 1.54) is 7.11 Å². The Morgan fingerprint density at radius 3 is 2.64 bits per heavy atom. The second kappa shape index (κ2) is 7.48. The predicted molar refractivity (Wildman–Crippen MR) is 105 cm³/mol. The van der Waals surface area contributed by atoms with Crippen LogP contribution in [-0.2, 0) is 17.7 Å². The van der Waals surface area contributed by atoms with Crippen molar-refractivity contribution in [2.75, 3.05) is 13.7 Å². The number of methoxy groups -OCH3 is 1. The van der Waals surface area contributed by atoms with Crippen LogP contribution in [0.2, 0.25) is 5.02 Å². The number of fused-ring (bicyclic) bond motifs is 1. The molecular weight excluding hydrogens is 378 g/mol. The molecule has 1 aliphatic heterocycles. The van der Waals surface area contributed by atoms with Gasteiger partial charge in [-0.15, -0.1) is 0 Å². The lowest BCUT2D eigenvalue weighted by Gasteiger charge is -2.27. The third-order valence-corrected chi connectivity index (χ3v) is 5.12. The fraction of sp³-hybridized carbons (Fsp3) is 0.190. The summed E-state index contributed by atoms with van der Waals surface area (Å²) in [7, 11) is 1.32. The van der Waals surface area contributed by atoms with Crippen LogP contribution in [-0.4, -0.2) is 40.6 Å². The van der Waals surface area contributed by atoms with Gasteiger partial charge in [-0.2, -0.15) is 5.10 Å². The molecule has 0 saturated heterocycles. The van der Waals surface area contributed by atoms with Crippen LogP contribution in [0.4, 0.5) is 0 Å². The van der Waals surface area contributed by atoms with E-state index < -0.39 is 5.97 Å². The van der Waals surface area contributed by atoms with E-state index in [0.29, 0.717) is 35.7 Å². The van der Waals surface area contributed by atoms with E-state index >= 15 is 0 Å².